The molecule has 0 aromatic carbocycles. The minimum Gasteiger partial charge on any atom is -0.421 e. The van der Waals surface area contributed by atoms with Crippen molar-refractivity contribution >= 4 is 37.8 Å². The van der Waals surface area contributed by atoms with Gasteiger partial charge in [0.2, 0.25) is 0 Å². The molecular formula is C21H28Br2O3. The molecule has 1 heterocycles. The fourth-order valence-electron chi connectivity index (χ4n) is 6.16. The number of rotatable bonds is 8. The maximum absolute atomic E-state index is 11.8. The first-order valence-corrected chi connectivity index (χ1v) is 11.8. The van der Waals surface area contributed by atoms with Gasteiger partial charge in [-0.05, 0) is 96.9 Å². The van der Waals surface area contributed by atoms with Crippen LogP contribution in [-0.2, 0) is 14.3 Å². The summed E-state index contributed by atoms with van der Waals surface area (Å²) < 4.78 is 12.1. The Morgan fingerprint density at radius 1 is 1.08 bits per heavy atom. The molecule has 144 valence electrons. The van der Waals surface area contributed by atoms with Crippen LogP contribution in [0.4, 0.5) is 0 Å². The van der Waals surface area contributed by atoms with Crippen molar-refractivity contribution in [2.24, 2.45) is 23.2 Å². The van der Waals surface area contributed by atoms with Gasteiger partial charge in [-0.15, -0.1) is 0 Å². The highest BCUT2D eigenvalue weighted by molar-refractivity contribution is 9.12. The van der Waals surface area contributed by atoms with Crippen LogP contribution < -0.4 is 0 Å². The largest absolute Gasteiger partial charge is 0.421 e. The van der Waals surface area contributed by atoms with Gasteiger partial charge >= 0.3 is 5.97 Å². The second kappa shape index (κ2) is 8.08. The minimum absolute atomic E-state index is 0.222. The van der Waals surface area contributed by atoms with Gasteiger partial charge in [-0.3, -0.25) is 0 Å². The van der Waals surface area contributed by atoms with Crippen LogP contribution in [0.5, 0.6) is 0 Å². The van der Waals surface area contributed by atoms with Crippen LogP contribution in [0.3, 0.4) is 0 Å². The Labute approximate surface area is 173 Å². The van der Waals surface area contributed by atoms with Gasteiger partial charge in [0, 0.05) is 11.6 Å². The Morgan fingerprint density at radius 2 is 1.73 bits per heavy atom. The second-order valence-corrected chi connectivity index (χ2v) is 10.2. The summed E-state index contributed by atoms with van der Waals surface area (Å²) in [5.41, 5.74) is 1.28. The molecule has 5 aliphatic rings. The highest BCUT2D eigenvalue weighted by atomic mass is 79.9. The van der Waals surface area contributed by atoms with Crippen LogP contribution in [-0.4, -0.2) is 19.2 Å². The van der Waals surface area contributed by atoms with Crippen molar-refractivity contribution in [2.75, 3.05) is 13.2 Å². The third-order valence-electron chi connectivity index (χ3n) is 6.82. The Kier molecular flexibility index (Phi) is 5.97. The maximum Gasteiger partial charge on any atom is 0.340 e. The molecule has 1 aliphatic heterocycles. The molecule has 0 saturated heterocycles. The van der Waals surface area contributed by atoms with E-state index in [0.717, 1.165) is 66.7 Å². The monoisotopic (exact) mass is 486 g/mol. The SMILES string of the molecule is O=C1OC(=CBr)C(Br)=C1CCCCCOCC12CC3CC(CC(C3)C1)C2. The number of carbonyl (C=O) groups is 1. The van der Waals surface area contributed by atoms with Crippen LogP contribution in [0.25, 0.3) is 0 Å². The van der Waals surface area contributed by atoms with E-state index in [2.05, 4.69) is 31.9 Å². The summed E-state index contributed by atoms with van der Waals surface area (Å²) in [5, 5.41) is 0. The number of hydrogen-bond donors (Lipinski definition) is 0. The van der Waals surface area contributed by atoms with Crippen molar-refractivity contribution < 1.29 is 14.3 Å². The maximum atomic E-state index is 11.8. The average molecular weight is 488 g/mol. The van der Waals surface area contributed by atoms with E-state index in [1.807, 2.05) is 0 Å². The number of hydrogen-bond acceptors (Lipinski definition) is 3. The Balaban J connectivity index is 1.14. The molecule has 0 aromatic heterocycles. The number of cyclic esters (lactones) is 1. The molecule has 4 bridgehead atoms. The van der Waals surface area contributed by atoms with E-state index < -0.39 is 0 Å². The normalized spacial score (nSPS) is 37.1. The van der Waals surface area contributed by atoms with Gasteiger partial charge in [0.1, 0.15) is 0 Å². The summed E-state index contributed by atoms with van der Waals surface area (Å²) in [5.74, 6) is 3.35. The number of allylic oxidation sites excluding steroid dienone is 1. The standard InChI is InChI=1S/C21H28Br2O3/c22-12-18-19(23)17(20(24)26-18)4-2-1-3-5-25-13-21-9-14-6-15(10-21)8-16(7-14)11-21/h12,14-16H,1-11,13H2. The summed E-state index contributed by atoms with van der Waals surface area (Å²) >= 11 is 6.67. The Morgan fingerprint density at radius 3 is 2.31 bits per heavy atom. The molecule has 0 amide bonds. The molecule has 0 radical (unpaired) electrons. The first kappa shape index (κ1) is 19.2. The van der Waals surface area contributed by atoms with Crippen LogP contribution in [0, 0.1) is 23.2 Å². The molecule has 0 unspecified atom stereocenters. The molecule has 0 aromatic rings. The van der Waals surface area contributed by atoms with Gasteiger partial charge in [0.15, 0.2) is 5.76 Å². The van der Waals surface area contributed by atoms with E-state index in [1.165, 1.54) is 38.5 Å². The van der Waals surface area contributed by atoms with Crippen molar-refractivity contribution in [2.45, 2.75) is 64.2 Å². The van der Waals surface area contributed by atoms with Crippen LogP contribution in [0.1, 0.15) is 64.2 Å². The second-order valence-electron chi connectivity index (χ2n) is 8.94. The van der Waals surface area contributed by atoms with E-state index in [-0.39, 0.29) is 5.97 Å². The first-order valence-electron chi connectivity index (χ1n) is 10.1. The van der Waals surface area contributed by atoms with E-state index in [0.29, 0.717) is 11.2 Å². The average Bonchev–Trinajstić information content (AvgIpc) is 2.87. The summed E-state index contributed by atoms with van der Waals surface area (Å²) in [6.07, 6.45) is 12.7. The predicted octanol–water partition coefficient (Wildman–Crippen LogP) is 6.22. The fourth-order valence-corrected chi connectivity index (χ4v) is 7.35. The zero-order valence-electron chi connectivity index (χ0n) is 15.3. The summed E-state index contributed by atoms with van der Waals surface area (Å²) in [6.45, 7) is 1.85. The lowest BCUT2D eigenvalue weighted by molar-refractivity contribution is -0.133. The molecule has 26 heavy (non-hydrogen) atoms. The number of halogens is 2. The fraction of sp³-hybridized carbons (Fsp3) is 0.762. The third-order valence-corrected chi connectivity index (χ3v) is 8.10. The zero-order chi connectivity index (χ0) is 18.1. The molecule has 0 N–H and O–H groups in total. The smallest absolute Gasteiger partial charge is 0.340 e. The van der Waals surface area contributed by atoms with Crippen LogP contribution in [0.15, 0.2) is 20.8 Å². The lowest BCUT2D eigenvalue weighted by atomic mass is 9.50. The summed E-state index contributed by atoms with van der Waals surface area (Å²) in [6, 6.07) is 0. The molecule has 4 aliphatic carbocycles. The summed E-state index contributed by atoms with van der Waals surface area (Å²) in [4.78, 5) is 13.5. The molecule has 3 nitrogen and oxygen atoms in total. The van der Waals surface area contributed by atoms with Crippen LogP contribution in [0.2, 0.25) is 0 Å². The van der Waals surface area contributed by atoms with E-state index >= 15 is 0 Å². The Bertz CT molecular complexity index is 587. The van der Waals surface area contributed by atoms with E-state index in [4.69, 9.17) is 9.47 Å². The molecular weight excluding hydrogens is 460 g/mol. The predicted molar refractivity (Wildman–Crippen MR) is 109 cm³/mol. The highest BCUT2D eigenvalue weighted by Crippen LogP contribution is 2.60. The van der Waals surface area contributed by atoms with Gasteiger partial charge < -0.3 is 9.47 Å². The quantitative estimate of drug-likeness (QED) is 0.301. The van der Waals surface area contributed by atoms with E-state index in [1.54, 1.807) is 4.99 Å². The lowest BCUT2D eigenvalue weighted by Gasteiger charge is -2.56. The van der Waals surface area contributed by atoms with Gasteiger partial charge in [-0.1, -0.05) is 22.4 Å². The molecule has 0 spiro atoms. The van der Waals surface area contributed by atoms with Gasteiger partial charge in [-0.25, -0.2) is 4.79 Å². The molecule has 5 rings (SSSR count). The van der Waals surface area contributed by atoms with Crippen molar-refractivity contribution in [3.05, 3.63) is 20.8 Å². The first-order chi connectivity index (χ1) is 12.6. The lowest BCUT2D eigenvalue weighted by Crippen LogP contribution is -2.48. The van der Waals surface area contributed by atoms with Crippen molar-refractivity contribution in [1.29, 1.82) is 0 Å². The topological polar surface area (TPSA) is 35.5 Å². The molecule has 4 saturated carbocycles. The van der Waals surface area contributed by atoms with Crippen molar-refractivity contribution in [3.8, 4) is 0 Å². The molecule has 4 fully saturated rings. The summed E-state index contributed by atoms with van der Waals surface area (Å²) in [7, 11) is 0. The van der Waals surface area contributed by atoms with Crippen molar-refractivity contribution in [1.82, 2.24) is 0 Å². The highest BCUT2D eigenvalue weighted by Gasteiger charge is 2.50. The molecule has 0 atom stereocenters. The Hall–Kier alpha value is -0.130. The van der Waals surface area contributed by atoms with E-state index in [9.17, 15) is 4.79 Å². The minimum atomic E-state index is -0.222. The van der Waals surface area contributed by atoms with Crippen molar-refractivity contribution in [3.63, 3.8) is 0 Å². The third kappa shape index (κ3) is 4.00. The number of ether oxygens (including phenoxy) is 2. The number of unbranched alkanes of at least 4 members (excludes halogenated alkanes) is 2. The van der Waals surface area contributed by atoms with Crippen LogP contribution >= 0.6 is 31.9 Å². The van der Waals surface area contributed by atoms with Gasteiger partial charge in [0.25, 0.3) is 0 Å². The molecule has 5 heteroatoms. The zero-order valence-corrected chi connectivity index (χ0v) is 18.4. The number of esters is 1. The number of carbonyl (C=O) groups excluding carboxylic acids is 1. The van der Waals surface area contributed by atoms with Gasteiger partial charge in [-0.2, -0.15) is 0 Å². The van der Waals surface area contributed by atoms with Gasteiger partial charge in [0.05, 0.1) is 16.7 Å².